The first-order valence-corrected chi connectivity index (χ1v) is 6.95. The summed E-state index contributed by atoms with van der Waals surface area (Å²) in [7, 11) is 0. The lowest BCUT2D eigenvalue weighted by atomic mass is 10.2. The van der Waals surface area contributed by atoms with Crippen LogP contribution in [0.15, 0.2) is 52.0 Å². The van der Waals surface area contributed by atoms with Crippen molar-refractivity contribution in [3.63, 3.8) is 0 Å². The van der Waals surface area contributed by atoms with Gasteiger partial charge in [0.05, 0.1) is 22.5 Å². The van der Waals surface area contributed by atoms with E-state index in [2.05, 4.69) is 26.5 Å². The van der Waals surface area contributed by atoms with Crippen LogP contribution in [0.3, 0.4) is 0 Å². The van der Waals surface area contributed by atoms with Crippen LogP contribution in [-0.2, 0) is 6.18 Å². The SMILES string of the molecule is FC(F)(F)c1ccc(Cl)c(N/N=C\c2cccc(Br)c2)c1. The number of benzene rings is 2. The number of halogens is 5. The van der Waals surface area contributed by atoms with Crippen LogP contribution < -0.4 is 5.43 Å². The molecule has 7 heteroatoms. The molecule has 0 aliphatic heterocycles. The Morgan fingerprint density at radius 3 is 2.57 bits per heavy atom. The van der Waals surface area contributed by atoms with Gasteiger partial charge < -0.3 is 0 Å². The van der Waals surface area contributed by atoms with Gasteiger partial charge in [0, 0.05) is 4.47 Å². The van der Waals surface area contributed by atoms with Gasteiger partial charge in [0.2, 0.25) is 0 Å². The maximum atomic E-state index is 12.6. The largest absolute Gasteiger partial charge is 0.416 e. The van der Waals surface area contributed by atoms with Crippen molar-refractivity contribution in [3.05, 3.63) is 63.1 Å². The zero-order valence-electron chi connectivity index (χ0n) is 10.5. The highest BCUT2D eigenvalue weighted by molar-refractivity contribution is 9.10. The zero-order valence-corrected chi connectivity index (χ0v) is 12.8. The maximum Gasteiger partial charge on any atom is 0.416 e. The first-order chi connectivity index (χ1) is 9.86. The third kappa shape index (κ3) is 4.47. The van der Waals surface area contributed by atoms with Crippen molar-refractivity contribution >= 4 is 39.4 Å². The predicted octanol–water partition coefficient (Wildman–Crippen LogP) is 5.57. The Labute approximate surface area is 132 Å². The number of rotatable bonds is 3. The average molecular weight is 378 g/mol. The molecule has 2 rings (SSSR count). The van der Waals surface area contributed by atoms with Crippen LogP contribution in [0.4, 0.5) is 18.9 Å². The van der Waals surface area contributed by atoms with Crippen LogP contribution in [0.2, 0.25) is 5.02 Å². The molecule has 2 aromatic rings. The second-order valence-corrected chi connectivity index (χ2v) is 5.44. The summed E-state index contributed by atoms with van der Waals surface area (Å²) in [5.74, 6) is 0. The summed E-state index contributed by atoms with van der Waals surface area (Å²) in [4.78, 5) is 0. The van der Waals surface area contributed by atoms with E-state index in [4.69, 9.17) is 11.6 Å². The lowest BCUT2D eigenvalue weighted by Gasteiger charge is -2.09. The Morgan fingerprint density at radius 1 is 1.14 bits per heavy atom. The predicted molar refractivity (Wildman–Crippen MR) is 81.8 cm³/mol. The van der Waals surface area contributed by atoms with Gasteiger partial charge in [0.25, 0.3) is 0 Å². The molecule has 110 valence electrons. The molecule has 0 radical (unpaired) electrons. The van der Waals surface area contributed by atoms with Gasteiger partial charge in [-0.25, -0.2) is 0 Å². The Morgan fingerprint density at radius 2 is 1.90 bits per heavy atom. The Balaban J connectivity index is 2.16. The summed E-state index contributed by atoms with van der Waals surface area (Å²) in [6, 6.07) is 10.3. The third-order valence-corrected chi connectivity index (χ3v) is 3.36. The highest BCUT2D eigenvalue weighted by Crippen LogP contribution is 2.33. The molecule has 2 nitrogen and oxygen atoms in total. The fourth-order valence-electron chi connectivity index (χ4n) is 1.55. The summed E-state index contributed by atoms with van der Waals surface area (Å²) in [6.07, 6.45) is -2.93. The molecule has 0 bridgehead atoms. The van der Waals surface area contributed by atoms with E-state index in [1.807, 2.05) is 24.3 Å². The van der Waals surface area contributed by atoms with Crippen LogP contribution in [0, 0.1) is 0 Å². The van der Waals surface area contributed by atoms with Crippen molar-refractivity contribution in [1.29, 1.82) is 0 Å². The van der Waals surface area contributed by atoms with E-state index in [0.29, 0.717) is 0 Å². The number of nitrogens with one attached hydrogen (secondary N) is 1. The highest BCUT2D eigenvalue weighted by Gasteiger charge is 2.30. The molecule has 0 unspecified atom stereocenters. The zero-order chi connectivity index (χ0) is 15.5. The number of hydrogen-bond acceptors (Lipinski definition) is 2. The molecule has 0 saturated heterocycles. The van der Waals surface area contributed by atoms with Crippen molar-refractivity contribution in [3.8, 4) is 0 Å². The number of alkyl halides is 3. The summed E-state index contributed by atoms with van der Waals surface area (Å²) in [5.41, 5.74) is 2.62. The van der Waals surface area contributed by atoms with E-state index in [1.54, 1.807) is 0 Å². The molecule has 0 fully saturated rings. The molecule has 0 spiro atoms. The molecular weight excluding hydrogens is 369 g/mol. The molecule has 0 amide bonds. The fourth-order valence-corrected chi connectivity index (χ4v) is 2.13. The summed E-state index contributed by atoms with van der Waals surface area (Å²) in [6.45, 7) is 0. The lowest BCUT2D eigenvalue weighted by Crippen LogP contribution is -2.05. The fraction of sp³-hybridized carbons (Fsp3) is 0.0714. The van der Waals surface area contributed by atoms with Gasteiger partial charge in [-0.05, 0) is 35.9 Å². The van der Waals surface area contributed by atoms with Gasteiger partial charge in [-0.15, -0.1) is 0 Å². The minimum Gasteiger partial charge on any atom is -0.277 e. The second kappa shape index (κ2) is 6.49. The van der Waals surface area contributed by atoms with E-state index in [0.717, 1.165) is 22.2 Å². The molecule has 0 aromatic heterocycles. The maximum absolute atomic E-state index is 12.6. The van der Waals surface area contributed by atoms with Gasteiger partial charge >= 0.3 is 6.18 Å². The smallest absolute Gasteiger partial charge is 0.277 e. The van der Waals surface area contributed by atoms with E-state index in [1.165, 1.54) is 12.3 Å². The topological polar surface area (TPSA) is 24.4 Å². The monoisotopic (exact) mass is 376 g/mol. The molecule has 0 saturated carbocycles. The molecule has 21 heavy (non-hydrogen) atoms. The van der Waals surface area contributed by atoms with Gasteiger partial charge in [0.15, 0.2) is 0 Å². The van der Waals surface area contributed by atoms with Crippen LogP contribution in [0.5, 0.6) is 0 Å². The molecule has 0 heterocycles. The van der Waals surface area contributed by atoms with Gasteiger partial charge in [-0.2, -0.15) is 18.3 Å². The summed E-state index contributed by atoms with van der Waals surface area (Å²) < 4.78 is 38.7. The standard InChI is InChI=1S/C14H9BrClF3N2/c15-11-3-1-2-9(6-11)8-20-21-13-7-10(14(17,18)19)4-5-12(13)16/h1-8,21H/b20-8-. The highest BCUT2D eigenvalue weighted by atomic mass is 79.9. The van der Waals surface area contributed by atoms with Crippen molar-refractivity contribution in [1.82, 2.24) is 0 Å². The number of hydrazone groups is 1. The van der Waals surface area contributed by atoms with Gasteiger partial charge in [-0.1, -0.05) is 39.7 Å². The first-order valence-electron chi connectivity index (χ1n) is 5.77. The van der Waals surface area contributed by atoms with Crippen molar-refractivity contribution in [2.75, 3.05) is 5.43 Å². The Bertz CT molecular complexity index is 672. The quantitative estimate of drug-likeness (QED) is 0.549. The van der Waals surface area contributed by atoms with Crippen LogP contribution in [-0.4, -0.2) is 6.21 Å². The molecule has 1 N–H and O–H groups in total. The summed E-state index contributed by atoms with van der Waals surface area (Å²) >= 11 is 9.16. The lowest BCUT2D eigenvalue weighted by molar-refractivity contribution is -0.137. The number of hydrogen-bond donors (Lipinski definition) is 1. The third-order valence-electron chi connectivity index (χ3n) is 2.54. The van der Waals surface area contributed by atoms with Crippen molar-refractivity contribution in [2.45, 2.75) is 6.18 Å². The Kier molecular flexibility index (Phi) is 4.90. The van der Waals surface area contributed by atoms with E-state index >= 15 is 0 Å². The van der Waals surface area contributed by atoms with Crippen molar-refractivity contribution < 1.29 is 13.2 Å². The molecule has 2 aromatic carbocycles. The van der Waals surface area contributed by atoms with E-state index in [-0.39, 0.29) is 10.7 Å². The minimum atomic E-state index is -4.42. The Hall–Kier alpha value is -1.53. The average Bonchev–Trinajstić information content (AvgIpc) is 2.39. The van der Waals surface area contributed by atoms with Gasteiger partial charge in [0.1, 0.15) is 0 Å². The van der Waals surface area contributed by atoms with E-state index < -0.39 is 11.7 Å². The summed E-state index contributed by atoms with van der Waals surface area (Å²) in [5, 5.41) is 4.05. The normalized spacial score (nSPS) is 11.9. The van der Waals surface area contributed by atoms with Crippen molar-refractivity contribution in [2.24, 2.45) is 5.10 Å². The van der Waals surface area contributed by atoms with Gasteiger partial charge in [-0.3, -0.25) is 5.43 Å². The minimum absolute atomic E-state index is 0.0951. The second-order valence-electron chi connectivity index (χ2n) is 4.12. The van der Waals surface area contributed by atoms with Crippen LogP contribution >= 0.6 is 27.5 Å². The first kappa shape index (κ1) is 15.9. The van der Waals surface area contributed by atoms with E-state index in [9.17, 15) is 13.2 Å². The van der Waals surface area contributed by atoms with Crippen LogP contribution in [0.25, 0.3) is 0 Å². The molecule has 0 atom stereocenters. The number of anilines is 1. The number of nitrogens with zero attached hydrogens (tertiary/aromatic N) is 1. The molecular formula is C14H9BrClF3N2. The molecule has 0 aliphatic carbocycles. The molecule has 0 aliphatic rings. The van der Waals surface area contributed by atoms with Crippen LogP contribution in [0.1, 0.15) is 11.1 Å².